The summed E-state index contributed by atoms with van der Waals surface area (Å²) in [6.45, 7) is 2.01. The van der Waals surface area contributed by atoms with Crippen LogP contribution in [-0.4, -0.2) is 13.4 Å². The average molecular weight is 363 g/mol. The molecular weight excluding hydrogens is 348 g/mol. The Labute approximate surface area is 143 Å². The van der Waals surface area contributed by atoms with E-state index in [1.165, 1.54) is 11.3 Å². The van der Waals surface area contributed by atoms with Crippen molar-refractivity contribution < 1.29 is 8.42 Å². The number of thiazole rings is 1. The SMILES string of the molecule is Cc1ccc(SS(=O)(=O)Nc2nccs2)cc1-c1ccccc1. The monoisotopic (exact) mass is 362 g/mol. The Bertz CT molecular complexity index is 892. The Morgan fingerprint density at radius 1 is 1.13 bits per heavy atom. The quantitative estimate of drug-likeness (QED) is 0.676. The molecule has 0 unspecified atom stereocenters. The second kappa shape index (κ2) is 6.74. The van der Waals surface area contributed by atoms with E-state index in [4.69, 9.17) is 0 Å². The van der Waals surface area contributed by atoms with Crippen molar-refractivity contribution in [2.24, 2.45) is 0 Å². The van der Waals surface area contributed by atoms with Crippen LogP contribution in [-0.2, 0) is 9.06 Å². The molecule has 0 bridgehead atoms. The summed E-state index contributed by atoms with van der Waals surface area (Å²) in [5, 5.41) is 2.09. The highest BCUT2D eigenvalue weighted by molar-refractivity contribution is 8.72. The first-order valence-corrected chi connectivity index (χ1v) is 10.5. The van der Waals surface area contributed by atoms with Gasteiger partial charge in [-0.1, -0.05) is 36.4 Å². The number of hydrogen-bond acceptors (Lipinski definition) is 5. The molecule has 0 saturated heterocycles. The minimum Gasteiger partial charge on any atom is -0.250 e. The first-order chi connectivity index (χ1) is 11.0. The van der Waals surface area contributed by atoms with Gasteiger partial charge in [-0.3, -0.25) is 0 Å². The van der Waals surface area contributed by atoms with E-state index in [1.807, 2.05) is 55.5 Å². The lowest BCUT2D eigenvalue weighted by molar-refractivity contribution is 0.615. The molecule has 0 fully saturated rings. The maximum absolute atomic E-state index is 12.2. The zero-order valence-corrected chi connectivity index (χ0v) is 14.7. The minimum atomic E-state index is -3.55. The van der Waals surface area contributed by atoms with Crippen molar-refractivity contribution in [3.05, 3.63) is 65.7 Å². The van der Waals surface area contributed by atoms with Gasteiger partial charge in [0.1, 0.15) is 0 Å². The Morgan fingerprint density at radius 3 is 2.61 bits per heavy atom. The molecule has 1 aromatic heterocycles. The fourth-order valence-electron chi connectivity index (χ4n) is 2.11. The molecule has 3 aromatic rings. The molecule has 118 valence electrons. The predicted octanol–water partition coefficient (Wildman–Crippen LogP) is 4.57. The highest BCUT2D eigenvalue weighted by Gasteiger charge is 2.15. The van der Waals surface area contributed by atoms with Crippen molar-refractivity contribution >= 4 is 36.3 Å². The van der Waals surface area contributed by atoms with E-state index >= 15 is 0 Å². The number of hydrogen-bond donors (Lipinski definition) is 1. The molecule has 1 N–H and O–H groups in total. The van der Waals surface area contributed by atoms with Crippen molar-refractivity contribution in [3.8, 4) is 11.1 Å². The van der Waals surface area contributed by atoms with Gasteiger partial charge in [0, 0.05) is 27.3 Å². The molecule has 0 aliphatic rings. The van der Waals surface area contributed by atoms with Crippen LogP contribution in [0.15, 0.2) is 65.0 Å². The van der Waals surface area contributed by atoms with E-state index in [1.54, 1.807) is 11.6 Å². The number of nitrogens with zero attached hydrogens (tertiary/aromatic N) is 1. The maximum Gasteiger partial charge on any atom is 0.292 e. The van der Waals surface area contributed by atoms with Crippen LogP contribution < -0.4 is 4.72 Å². The number of aromatic nitrogens is 1. The van der Waals surface area contributed by atoms with Crippen molar-refractivity contribution in [2.45, 2.75) is 11.8 Å². The molecule has 7 heteroatoms. The molecule has 3 rings (SSSR count). The average Bonchev–Trinajstić information content (AvgIpc) is 3.02. The predicted molar refractivity (Wildman–Crippen MR) is 97.1 cm³/mol. The lowest BCUT2D eigenvalue weighted by Gasteiger charge is -2.09. The topological polar surface area (TPSA) is 59.1 Å². The molecule has 0 saturated carbocycles. The first kappa shape index (κ1) is 16.0. The van der Waals surface area contributed by atoms with Crippen LogP contribution in [0, 0.1) is 6.92 Å². The zero-order chi connectivity index (χ0) is 16.3. The fourth-order valence-corrected chi connectivity index (χ4v) is 5.45. The van der Waals surface area contributed by atoms with Gasteiger partial charge >= 0.3 is 0 Å². The third-order valence-electron chi connectivity index (χ3n) is 3.14. The third kappa shape index (κ3) is 4.13. The van der Waals surface area contributed by atoms with Gasteiger partial charge in [0.05, 0.1) is 0 Å². The normalized spacial score (nSPS) is 11.3. The van der Waals surface area contributed by atoms with Gasteiger partial charge in [0.2, 0.25) is 0 Å². The summed E-state index contributed by atoms with van der Waals surface area (Å²) in [4.78, 5) is 4.60. The number of anilines is 1. The smallest absolute Gasteiger partial charge is 0.250 e. The molecule has 0 atom stereocenters. The van der Waals surface area contributed by atoms with E-state index in [-0.39, 0.29) is 0 Å². The van der Waals surface area contributed by atoms with Crippen LogP contribution in [0.25, 0.3) is 11.1 Å². The Balaban J connectivity index is 1.87. The third-order valence-corrected chi connectivity index (χ3v) is 6.56. The Kier molecular flexibility index (Phi) is 4.70. The van der Waals surface area contributed by atoms with Crippen LogP contribution in [0.4, 0.5) is 5.13 Å². The molecule has 0 amide bonds. The lowest BCUT2D eigenvalue weighted by Crippen LogP contribution is -2.07. The standard InChI is InChI=1S/C16H14N2O2S3/c1-12-7-8-14(11-15(12)13-5-3-2-4-6-13)22-23(19,20)18-16-17-9-10-21-16/h2-11H,1H3,(H,17,18). The molecule has 0 aliphatic carbocycles. The van der Waals surface area contributed by atoms with Crippen molar-refractivity contribution in [2.75, 3.05) is 4.72 Å². The van der Waals surface area contributed by atoms with E-state index in [2.05, 4.69) is 9.71 Å². The van der Waals surface area contributed by atoms with Gasteiger partial charge in [-0.2, -0.15) is 8.42 Å². The summed E-state index contributed by atoms with van der Waals surface area (Å²) in [7, 11) is -2.77. The molecular formula is C16H14N2O2S3. The van der Waals surface area contributed by atoms with Gasteiger partial charge in [-0.05, 0) is 35.7 Å². The molecule has 23 heavy (non-hydrogen) atoms. The summed E-state index contributed by atoms with van der Waals surface area (Å²) in [6, 6.07) is 15.6. The highest BCUT2D eigenvalue weighted by Crippen LogP contribution is 2.32. The highest BCUT2D eigenvalue weighted by atomic mass is 33.1. The zero-order valence-electron chi connectivity index (χ0n) is 12.3. The number of nitrogens with one attached hydrogen (secondary N) is 1. The summed E-state index contributed by atoms with van der Waals surface area (Å²) < 4.78 is 26.9. The summed E-state index contributed by atoms with van der Waals surface area (Å²) in [5.41, 5.74) is 3.20. The summed E-state index contributed by atoms with van der Waals surface area (Å²) in [5.74, 6) is 0. The van der Waals surface area contributed by atoms with Crippen molar-refractivity contribution in [1.82, 2.24) is 4.98 Å². The first-order valence-electron chi connectivity index (χ1n) is 6.81. The molecule has 2 aromatic carbocycles. The second-order valence-electron chi connectivity index (χ2n) is 4.82. The van der Waals surface area contributed by atoms with E-state index in [0.29, 0.717) is 10.0 Å². The van der Waals surface area contributed by atoms with Crippen LogP contribution in [0.2, 0.25) is 0 Å². The van der Waals surface area contributed by atoms with Gasteiger partial charge in [-0.15, -0.1) is 11.3 Å². The maximum atomic E-state index is 12.2. The lowest BCUT2D eigenvalue weighted by atomic mass is 10.0. The number of benzene rings is 2. The van der Waals surface area contributed by atoms with Gasteiger partial charge in [0.25, 0.3) is 9.06 Å². The van der Waals surface area contributed by atoms with Crippen LogP contribution in [0.5, 0.6) is 0 Å². The summed E-state index contributed by atoms with van der Waals surface area (Å²) in [6.07, 6.45) is 1.56. The van der Waals surface area contributed by atoms with Crippen molar-refractivity contribution in [1.29, 1.82) is 0 Å². The van der Waals surface area contributed by atoms with Crippen LogP contribution in [0.3, 0.4) is 0 Å². The summed E-state index contributed by atoms with van der Waals surface area (Å²) >= 11 is 1.25. The van der Waals surface area contributed by atoms with E-state index in [0.717, 1.165) is 27.5 Å². The van der Waals surface area contributed by atoms with Gasteiger partial charge in [0.15, 0.2) is 5.13 Å². The van der Waals surface area contributed by atoms with Crippen molar-refractivity contribution in [3.63, 3.8) is 0 Å². The fraction of sp³-hybridized carbons (Fsp3) is 0.0625. The van der Waals surface area contributed by atoms with E-state index in [9.17, 15) is 8.42 Å². The number of rotatable bonds is 5. The second-order valence-corrected chi connectivity index (χ2v) is 9.28. The molecule has 0 aliphatic heterocycles. The molecule has 0 radical (unpaired) electrons. The minimum absolute atomic E-state index is 0.368. The van der Waals surface area contributed by atoms with Crippen LogP contribution >= 0.6 is 22.1 Å². The Morgan fingerprint density at radius 2 is 1.91 bits per heavy atom. The number of aryl methyl sites for hydroxylation is 1. The largest absolute Gasteiger partial charge is 0.292 e. The molecule has 0 spiro atoms. The molecule has 4 nitrogen and oxygen atoms in total. The molecule has 1 heterocycles. The Hall–Kier alpha value is -1.83. The van der Waals surface area contributed by atoms with Gasteiger partial charge < -0.3 is 0 Å². The van der Waals surface area contributed by atoms with Gasteiger partial charge in [-0.25, -0.2) is 9.71 Å². The van der Waals surface area contributed by atoms with Crippen LogP contribution in [0.1, 0.15) is 5.56 Å². The van der Waals surface area contributed by atoms with E-state index < -0.39 is 9.06 Å².